The zero-order valence-corrected chi connectivity index (χ0v) is 11.9. The summed E-state index contributed by atoms with van der Waals surface area (Å²) in [5, 5.41) is 3.44. The average molecular weight is 264 g/mol. The number of rotatable bonds is 1. The molecule has 1 N–H and O–H groups in total. The maximum absolute atomic E-state index is 12.5. The summed E-state index contributed by atoms with van der Waals surface area (Å²) in [5.74, 6) is 0.226. The standard InChI is InChI=1S/C14H20N2OS/c1-14(2)9-16(7-6-15-14)13(17)12-8-10-4-3-5-11(10)18-12/h8,15H,3-7,9H2,1-2H3. The van der Waals surface area contributed by atoms with E-state index in [0.717, 1.165) is 30.9 Å². The number of nitrogens with one attached hydrogen (secondary N) is 1. The lowest BCUT2D eigenvalue weighted by Gasteiger charge is -2.38. The molecule has 1 fully saturated rings. The lowest BCUT2D eigenvalue weighted by atomic mass is 10.0. The molecule has 2 heterocycles. The second-order valence-electron chi connectivity index (χ2n) is 5.95. The molecule has 1 aromatic rings. The topological polar surface area (TPSA) is 32.3 Å². The van der Waals surface area contributed by atoms with E-state index in [1.807, 2.05) is 4.90 Å². The van der Waals surface area contributed by atoms with Crippen LogP contribution in [0.5, 0.6) is 0 Å². The van der Waals surface area contributed by atoms with Crippen LogP contribution in [0, 0.1) is 0 Å². The molecule has 18 heavy (non-hydrogen) atoms. The van der Waals surface area contributed by atoms with Gasteiger partial charge in [-0.25, -0.2) is 0 Å². The summed E-state index contributed by atoms with van der Waals surface area (Å²) in [6.07, 6.45) is 3.59. The highest BCUT2D eigenvalue weighted by atomic mass is 32.1. The maximum atomic E-state index is 12.5. The number of thiophene rings is 1. The van der Waals surface area contributed by atoms with Crippen LogP contribution in [-0.2, 0) is 12.8 Å². The van der Waals surface area contributed by atoms with Crippen molar-refractivity contribution in [3.63, 3.8) is 0 Å². The van der Waals surface area contributed by atoms with Gasteiger partial charge >= 0.3 is 0 Å². The van der Waals surface area contributed by atoms with Crippen LogP contribution in [0.15, 0.2) is 6.07 Å². The van der Waals surface area contributed by atoms with Crippen molar-refractivity contribution in [1.82, 2.24) is 10.2 Å². The Labute approximate surface area is 112 Å². The predicted molar refractivity (Wildman–Crippen MR) is 74.3 cm³/mol. The molecule has 0 atom stereocenters. The minimum Gasteiger partial charge on any atom is -0.335 e. The first-order valence-corrected chi connectivity index (χ1v) is 7.53. The summed E-state index contributed by atoms with van der Waals surface area (Å²) in [7, 11) is 0. The Balaban J connectivity index is 1.77. The van der Waals surface area contributed by atoms with Crippen molar-refractivity contribution < 1.29 is 4.79 Å². The molecule has 1 amide bonds. The summed E-state index contributed by atoms with van der Waals surface area (Å²) in [5.41, 5.74) is 1.45. The third-order valence-electron chi connectivity index (χ3n) is 3.82. The number of hydrogen-bond acceptors (Lipinski definition) is 3. The first kappa shape index (κ1) is 12.2. The van der Waals surface area contributed by atoms with Gasteiger partial charge in [-0.1, -0.05) is 0 Å². The van der Waals surface area contributed by atoms with E-state index in [-0.39, 0.29) is 11.4 Å². The second-order valence-corrected chi connectivity index (χ2v) is 7.09. The van der Waals surface area contributed by atoms with Gasteiger partial charge in [-0.3, -0.25) is 4.79 Å². The van der Waals surface area contributed by atoms with Gasteiger partial charge in [0.15, 0.2) is 0 Å². The van der Waals surface area contributed by atoms with Crippen molar-refractivity contribution in [2.45, 2.75) is 38.6 Å². The van der Waals surface area contributed by atoms with Crippen molar-refractivity contribution >= 4 is 17.2 Å². The normalized spacial score (nSPS) is 22.0. The van der Waals surface area contributed by atoms with Gasteiger partial charge in [-0.05, 0) is 44.7 Å². The molecule has 98 valence electrons. The summed E-state index contributed by atoms with van der Waals surface area (Å²) in [6, 6.07) is 2.13. The van der Waals surface area contributed by atoms with Crippen LogP contribution in [0.1, 0.15) is 40.4 Å². The molecule has 4 heteroatoms. The average Bonchev–Trinajstić information content (AvgIpc) is 2.86. The largest absolute Gasteiger partial charge is 0.335 e. The number of piperazine rings is 1. The number of carbonyl (C=O) groups excluding carboxylic acids is 1. The van der Waals surface area contributed by atoms with Crippen molar-refractivity contribution in [3.8, 4) is 0 Å². The molecule has 2 aliphatic rings. The van der Waals surface area contributed by atoms with Crippen molar-refractivity contribution in [2.24, 2.45) is 0 Å². The van der Waals surface area contributed by atoms with Crippen LogP contribution in [0.4, 0.5) is 0 Å². The third-order valence-corrected chi connectivity index (χ3v) is 5.04. The molecule has 0 saturated carbocycles. The van der Waals surface area contributed by atoms with Gasteiger partial charge < -0.3 is 10.2 Å². The lowest BCUT2D eigenvalue weighted by molar-refractivity contribution is 0.0657. The van der Waals surface area contributed by atoms with Gasteiger partial charge in [0.1, 0.15) is 0 Å². The first-order chi connectivity index (χ1) is 8.55. The van der Waals surface area contributed by atoms with Gasteiger partial charge in [0.05, 0.1) is 4.88 Å². The SMILES string of the molecule is CC1(C)CN(C(=O)c2cc3c(s2)CCC3)CCN1. The van der Waals surface area contributed by atoms with Crippen LogP contribution in [0.25, 0.3) is 0 Å². The Morgan fingerprint density at radius 1 is 1.44 bits per heavy atom. The third kappa shape index (κ3) is 2.19. The number of aryl methyl sites for hydroxylation is 2. The Hall–Kier alpha value is -0.870. The van der Waals surface area contributed by atoms with E-state index in [1.54, 1.807) is 11.3 Å². The van der Waals surface area contributed by atoms with E-state index in [9.17, 15) is 4.79 Å². The Morgan fingerprint density at radius 2 is 2.28 bits per heavy atom. The van der Waals surface area contributed by atoms with Gasteiger partial charge in [-0.2, -0.15) is 0 Å². The number of amides is 1. The van der Waals surface area contributed by atoms with Gasteiger partial charge in [0.25, 0.3) is 5.91 Å². The summed E-state index contributed by atoms with van der Waals surface area (Å²) in [4.78, 5) is 16.9. The molecule has 1 aliphatic heterocycles. The number of fused-ring (bicyclic) bond motifs is 1. The quantitative estimate of drug-likeness (QED) is 0.842. The molecule has 0 spiro atoms. The number of nitrogens with zero attached hydrogens (tertiary/aromatic N) is 1. The minimum atomic E-state index is 0.0356. The second kappa shape index (κ2) is 4.35. The molecule has 0 radical (unpaired) electrons. The fourth-order valence-corrected chi connectivity index (χ4v) is 4.13. The maximum Gasteiger partial charge on any atom is 0.264 e. The monoisotopic (exact) mass is 264 g/mol. The molecule has 3 rings (SSSR count). The van der Waals surface area contributed by atoms with Crippen LogP contribution in [0.2, 0.25) is 0 Å². The molecular weight excluding hydrogens is 244 g/mol. The van der Waals surface area contributed by atoms with Crippen LogP contribution in [-0.4, -0.2) is 36.0 Å². The Kier molecular flexibility index (Phi) is 2.94. The van der Waals surface area contributed by atoms with E-state index in [2.05, 4.69) is 25.2 Å². The molecule has 0 bridgehead atoms. The highest BCUT2D eigenvalue weighted by molar-refractivity contribution is 7.14. The fourth-order valence-electron chi connectivity index (χ4n) is 2.90. The summed E-state index contributed by atoms with van der Waals surface area (Å²) < 4.78 is 0. The molecule has 0 unspecified atom stereocenters. The van der Waals surface area contributed by atoms with Gasteiger partial charge in [-0.15, -0.1) is 11.3 Å². The van der Waals surface area contributed by atoms with E-state index >= 15 is 0 Å². The molecule has 3 nitrogen and oxygen atoms in total. The van der Waals surface area contributed by atoms with E-state index < -0.39 is 0 Å². The van der Waals surface area contributed by atoms with Crippen molar-refractivity contribution in [1.29, 1.82) is 0 Å². The van der Waals surface area contributed by atoms with Crippen LogP contribution in [0.3, 0.4) is 0 Å². The van der Waals surface area contributed by atoms with E-state index in [0.29, 0.717) is 0 Å². The summed E-state index contributed by atoms with van der Waals surface area (Å²) in [6.45, 7) is 6.82. The van der Waals surface area contributed by atoms with Gasteiger partial charge in [0.2, 0.25) is 0 Å². The zero-order valence-electron chi connectivity index (χ0n) is 11.1. The van der Waals surface area contributed by atoms with Crippen LogP contribution >= 0.6 is 11.3 Å². The smallest absolute Gasteiger partial charge is 0.264 e. The lowest BCUT2D eigenvalue weighted by Crippen LogP contribution is -2.58. The Bertz CT molecular complexity index is 457. The van der Waals surface area contributed by atoms with E-state index in [4.69, 9.17) is 0 Å². The Morgan fingerprint density at radius 3 is 3.00 bits per heavy atom. The van der Waals surface area contributed by atoms with Crippen LogP contribution < -0.4 is 5.32 Å². The fraction of sp³-hybridized carbons (Fsp3) is 0.643. The molecule has 1 aliphatic carbocycles. The number of carbonyl (C=O) groups is 1. The highest BCUT2D eigenvalue weighted by Crippen LogP contribution is 2.31. The molecule has 1 aromatic heterocycles. The molecular formula is C14H20N2OS. The highest BCUT2D eigenvalue weighted by Gasteiger charge is 2.30. The van der Waals surface area contributed by atoms with Gasteiger partial charge in [0, 0.05) is 30.1 Å². The van der Waals surface area contributed by atoms with Crippen molar-refractivity contribution in [2.75, 3.05) is 19.6 Å². The molecule has 1 saturated heterocycles. The van der Waals surface area contributed by atoms with Crippen molar-refractivity contribution in [3.05, 3.63) is 21.4 Å². The predicted octanol–water partition coefficient (Wildman–Crippen LogP) is 2.06. The number of hydrogen-bond donors (Lipinski definition) is 1. The molecule has 0 aromatic carbocycles. The minimum absolute atomic E-state index is 0.0356. The van der Waals surface area contributed by atoms with E-state index in [1.165, 1.54) is 23.3 Å². The first-order valence-electron chi connectivity index (χ1n) is 6.71. The summed E-state index contributed by atoms with van der Waals surface area (Å²) >= 11 is 1.71. The zero-order chi connectivity index (χ0) is 12.8.